The van der Waals surface area contributed by atoms with E-state index in [9.17, 15) is 45.5 Å². The van der Waals surface area contributed by atoms with E-state index >= 15 is 0 Å². The molecule has 0 unspecified atom stereocenters. The van der Waals surface area contributed by atoms with Crippen LogP contribution >= 0.6 is 11.6 Å². The molecule has 2 aromatic heterocycles. The monoisotopic (exact) mass is 769 g/mol. The zero-order chi connectivity index (χ0) is 37.4. The van der Waals surface area contributed by atoms with Crippen molar-refractivity contribution in [2.45, 2.75) is 85.5 Å². The van der Waals surface area contributed by atoms with Gasteiger partial charge in [0.1, 0.15) is 11.0 Å². The SMILES string of the molecule is C.CC(C)n1c(=O)cc(Cl)[nH]c1=O.CC(C)n1c(=O)cc(N[C@@H](C)c2cccc(C(F)(F)F)c2)[nH]c1=O.C[C@H](N)c1cccc(C(F)(F)F)c1.[Cl-]. The summed E-state index contributed by atoms with van der Waals surface area (Å²) < 4.78 is 77.0. The number of hydrogen-bond acceptors (Lipinski definition) is 6. The van der Waals surface area contributed by atoms with Crippen LogP contribution in [0.1, 0.15) is 95.4 Å². The Morgan fingerprint density at radius 2 is 1.10 bits per heavy atom. The van der Waals surface area contributed by atoms with Crippen LogP contribution in [0.4, 0.5) is 32.2 Å². The van der Waals surface area contributed by atoms with E-state index in [1.165, 1.54) is 24.3 Å². The van der Waals surface area contributed by atoms with Crippen molar-refractivity contribution in [3.05, 3.63) is 130 Å². The number of halogens is 8. The number of aromatic amines is 2. The molecule has 2 atom stereocenters. The molecule has 0 saturated heterocycles. The summed E-state index contributed by atoms with van der Waals surface area (Å²) in [5.74, 6) is 0.159. The molecular weight excluding hydrogens is 729 g/mol. The number of hydrogen-bond donors (Lipinski definition) is 4. The zero-order valence-corrected chi connectivity index (χ0v) is 29.2. The summed E-state index contributed by atoms with van der Waals surface area (Å²) in [5.41, 5.74) is 3.04. The van der Waals surface area contributed by atoms with Crippen molar-refractivity contribution in [3.63, 3.8) is 0 Å². The van der Waals surface area contributed by atoms with Gasteiger partial charge in [-0.3, -0.25) is 28.7 Å². The maximum absolute atomic E-state index is 12.8. The van der Waals surface area contributed by atoms with Gasteiger partial charge < -0.3 is 23.5 Å². The first-order valence-electron chi connectivity index (χ1n) is 14.8. The lowest BCUT2D eigenvalue weighted by atomic mass is 10.0. The molecule has 0 aliphatic heterocycles. The van der Waals surface area contributed by atoms with E-state index in [0.29, 0.717) is 11.1 Å². The Kier molecular flexibility index (Phi) is 17.7. The highest BCUT2D eigenvalue weighted by Crippen LogP contribution is 2.32. The Morgan fingerprint density at radius 1 is 0.686 bits per heavy atom. The average molecular weight is 771 g/mol. The predicted octanol–water partition coefficient (Wildman–Crippen LogP) is 4.45. The highest BCUT2D eigenvalue weighted by molar-refractivity contribution is 6.29. The third-order valence-electron chi connectivity index (χ3n) is 6.76. The molecule has 0 aliphatic rings. The number of nitrogens with zero attached hydrogens (tertiary/aromatic N) is 2. The van der Waals surface area contributed by atoms with E-state index in [1.807, 2.05) is 0 Å². The number of benzene rings is 2. The fraction of sp³-hybridized carbons (Fsp3) is 0.394. The number of anilines is 1. The Labute approximate surface area is 301 Å². The number of aromatic nitrogens is 4. The third kappa shape index (κ3) is 13.8. The first-order chi connectivity index (χ1) is 22.5. The quantitative estimate of drug-likeness (QED) is 0.169. The standard InChI is InChI=1S/C16H18F3N3O2.C9H10F3N.C7H9ClN2O2.CH4.ClH/c1-9(2)22-14(23)8-13(21-15(22)24)20-10(3)11-5-4-6-12(7-11)16(17,18)19;1-6(13)7-3-2-4-8(5-7)9(10,11)12;1-4(2)10-6(11)3-5(8)9-7(10)12;;/h4-10,20H,1-3H3,(H,21,24);2-6H,13H2,1H3;3-4H,1-2H3,(H,9,12);1H4;1H/p-1/t10-;6-;;;/m00.../s1. The molecule has 0 radical (unpaired) electrons. The van der Waals surface area contributed by atoms with E-state index in [-0.39, 0.29) is 54.5 Å². The van der Waals surface area contributed by atoms with Gasteiger partial charge >= 0.3 is 23.7 Å². The normalized spacial score (nSPS) is 12.3. The number of rotatable bonds is 6. The minimum Gasteiger partial charge on any atom is -1.00 e. The summed E-state index contributed by atoms with van der Waals surface area (Å²) in [6.45, 7) is 10.2. The van der Waals surface area contributed by atoms with Gasteiger partial charge in [0, 0.05) is 36.3 Å². The van der Waals surface area contributed by atoms with Gasteiger partial charge in [0.05, 0.1) is 11.1 Å². The van der Waals surface area contributed by atoms with Crippen molar-refractivity contribution < 1.29 is 38.7 Å². The molecule has 284 valence electrons. The van der Waals surface area contributed by atoms with Crippen molar-refractivity contribution in [2.24, 2.45) is 5.73 Å². The molecule has 10 nitrogen and oxygen atoms in total. The maximum atomic E-state index is 12.8. The predicted molar refractivity (Wildman–Crippen MR) is 183 cm³/mol. The van der Waals surface area contributed by atoms with Gasteiger partial charge in [-0.1, -0.05) is 43.3 Å². The highest BCUT2D eigenvalue weighted by Gasteiger charge is 2.31. The Bertz CT molecular complexity index is 1890. The lowest BCUT2D eigenvalue weighted by molar-refractivity contribution is -0.138. The summed E-state index contributed by atoms with van der Waals surface area (Å²) in [5, 5.41) is 2.92. The molecule has 18 heteroatoms. The first kappa shape index (κ1) is 46.7. The van der Waals surface area contributed by atoms with Crippen LogP contribution in [-0.4, -0.2) is 19.1 Å². The van der Waals surface area contributed by atoms with E-state index in [2.05, 4.69) is 15.3 Å². The van der Waals surface area contributed by atoms with Crippen LogP contribution in [0.5, 0.6) is 0 Å². The minimum absolute atomic E-state index is 0. The lowest BCUT2D eigenvalue weighted by Crippen LogP contribution is -3.00. The summed E-state index contributed by atoms with van der Waals surface area (Å²) >= 11 is 5.46. The van der Waals surface area contributed by atoms with Gasteiger partial charge in [-0.05, 0) is 76.9 Å². The molecular formula is C33H41Cl2F6N6O4-. The molecule has 2 aromatic carbocycles. The molecule has 2 heterocycles. The molecule has 4 aromatic rings. The smallest absolute Gasteiger partial charge is 0.416 e. The minimum atomic E-state index is -4.43. The van der Waals surface area contributed by atoms with Crippen molar-refractivity contribution in [1.29, 1.82) is 0 Å². The second-order valence-electron chi connectivity index (χ2n) is 11.4. The zero-order valence-electron chi connectivity index (χ0n) is 27.7. The van der Waals surface area contributed by atoms with Crippen LogP contribution in [-0.2, 0) is 12.4 Å². The molecule has 5 N–H and O–H groups in total. The molecule has 4 rings (SSSR count). The van der Waals surface area contributed by atoms with E-state index in [1.54, 1.807) is 53.7 Å². The fourth-order valence-corrected chi connectivity index (χ4v) is 4.51. The van der Waals surface area contributed by atoms with Crippen LogP contribution in [0.25, 0.3) is 0 Å². The van der Waals surface area contributed by atoms with Crippen LogP contribution in [0, 0.1) is 0 Å². The molecule has 0 amide bonds. The van der Waals surface area contributed by atoms with Gasteiger partial charge in [0.2, 0.25) is 0 Å². The molecule has 51 heavy (non-hydrogen) atoms. The van der Waals surface area contributed by atoms with Gasteiger partial charge in [0.25, 0.3) is 11.1 Å². The molecule has 0 saturated carbocycles. The van der Waals surface area contributed by atoms with Gasteiger partial charge in [-0.2, -0.15) is 26.3 Å². The summed E-state index contributed by atoms with van der Waals surface area (Å²) in [6.07, 6.45) is -8.72. The molecule has 0 bridgehead atoms. The number of H-pyrrole nitrogens is 2. The van der Waals surface area contributed by atoms with Gasteiger partial charge in [0.15, 0.2) is 0 Å². The first-order valence-corrected chi connectivity index (χ1v) is 15.1. The van der Waals surface area contributed by atoms with Crippen molar-refractivity contribution in [2.75, 3.05) is 5.32 Å². The van der Waals surface area contributed by atoms with Crippen molar-refractivity contribution in [1.82, 2.24) is 19.1 Å². The second kappa shape index (κ2) is 19.4. The van der Waals surface area contributed by atoms with Gasteiger partial charge in [-0.15, -0.1) is 0 Å². The number of nitrogens with one attached hydrogen (secondary N) is 3. The molecule has 0 fully saturated rings. The second-order valence-corrected chi connectivity index (χ2v) is 11.8. The highest BCUT2D eigenvalue weighted by atomic mass is 35.5. The largest absolute Gasteiger partial charge is 1.00 e. The van der Waals surface area contributed by atoms with Crippen LogP contribution in [0.15, 0.2) is 79.8 Å². The van der Waals surface area contributed by atoms with Crippen LogP contribution in [0.2, 0.25) is 5.15 Å². The van der Waals surface area contributed by atoms with E-state index in [0.717, 1.165) is 33.4 Å². The Morgan fingerprint density at radius 3 is 1.49 bits per heavy atom. The van der Waals surface area contributed by atoms with Crippen LogP contribution in [0.3, 0.4) is 0 Å². The maximum Gasteiger partial charge on any atom is 0.416 e. The Balaban J connectivity index is 0.000000788. The van der Waals surface area contributed by atoms with Crippen LogP contribution < -0.4 is 46.0 Å². The summed E-state index contributed by atoms with van der Waals surface area (Å²) in [6, 6.07) is 11.0. The van der Waals surface area contributed by atoms with Crippen molar-refractivity contribution in [3.8, 4) is 0 Å². The number of alkyl halides is 6. The molecule has 0 spiro atoms. The topological polar surface area (TPSA) is 148 Å². The lowest BCUT2D eigenvalue weighted by Gasteiger charge is -2.17. The molecule has 0 aliphatic carbocycles. The summed E-state index contributed by atoms with van der Waals surface area (Å²) in [7, 11) is 0. The Hall–Kier alpha value is -4.28. The summed E-state index contributed by atoms with van der Waals surface area (Å²) in [4.78, 5) is 51.0. The fourth-order valence-electron chi connectivity index (χ4n) is 4.34. The van der Waals surface area contributed by atoms with Crippen molar-refractivity contribution >= 4 is 17.4 Å². The van der Waals surface area contributed by atoms with E-state index < -0.39 is 46.5 Å². The number of nitrogens with two attached hydrogens (primary N) is 1. The average Bonchev–Trinajstić information content (AvgIpc) is 2.96. The van der Waals surface area contributed by atoms with Gasteiger partial charge in [-0.25, -0.2) is 9.59 Å². The third-order valence-corrected chi connectivity index (χ3v) is 6.96. The van der Waals surface area contributed by atoms with E-state index in [4.69, 9.17) is 17.3 Å².